The highest BCUT2D eigenvalue weighted by molar-refractivity contribution is 6.31. The molecule has 128 valence electrons. The fourth-order valence-electron chi connectivity index (χ4n) is 2.49. The third-order valence-corrected chi connectivity index (χ3v) is 4.19. The van der Waals surface area contributed by atoms with Gasteiger partial charge in [0.1, 0.15) is 5.75 Å². The van der Waals surface area contributed by atoms with E-state index in [-0.39, 0.29) is 18.5 Å². The molecule has 2 rings (SSSR count). The first-order valence-corrected chi connectivity index (χ1v) is 8.36. The zero-order valence-electron chi connectivity index (χ0n) is 14.0. The Bertz CT molecular complexity index is 676. The second-order valence-corrected chi connectivity index (χ2v) is 5.94. The van der Waals surface area contributed by atoms with Crippen molar-refractivity contribution in [2.75, 3.05) is 20.2 Å². The maximum atomic E-state index is 12.0. The highest BCUT2D eigenvalue weighted by atomic mass is 35.5. The second kappa shape index (κ2) is 9.30. The van der Waals surface area contributed by atoms with Gasteiger partial charge in [0.2, 0.25) is 5.91 Å². The molecule has 0 aliphatic rings. The summed E-state index contributed by atoms with van der Waals surface area (Å²) in [4.78, 5) is 12.0. The zero-order chi connectivity index (χ0) is 17.4. The molecule has 0 spiro atoms. The van der Waals surface area contributed by atoms with Crippen LogP contribution in [-0.2, 0) is 11.2 Å². The lowest BCUT2D eigenvalue weighted by molar-refractivity contribution is -0.120. The molecule has 0 radical (unpaired) electrons. The van der Waals surface area contributed by atoms with Crippen LogP contribution in [0.4, 0.5) is 0 Å². The number of para-hydroxylation sites is 1. The fourth-order valence-corrected chi connectivity index (χ4v) is 2.79. The Balaban J connectivity index is 1.75. The van der Waals surface area contributed by atoms with Crippen molar-refractivity contribution in [3.63, 3.8) is 0 Å². The lowest BCUT2D eigenvalue weighted by atomic mass is 10.1. The Morgan fingerprint density at radius 2 is 1.88 bits per heavy atom. The molecule has 0 saturated carbocycles. The minimum atomic E-state index is -0.0381. The summed E-state index contributed by atoms with van der Waals surface area (Å²) in [5.74, 6) is 0.806. The molecule has 0 fully saturated rings. The molecule has 0 unspecified atom stereocenters. The molecule has 2 aromatic rings. The van der Waals surface area contributed by atoms with Gasteiger partial charge in [0.05, 0.1) is 13.7 Å². The molecule has 1 atom stereocenters. The zero-order valence-corrected chi connectivity index (χ0v) is 14.8. The van der Waals surface area contributed by atoms with Gasteiger partial charge in [-0.3, -0.25) is 4.79 Å². The normalized spacial score (nSPS) is 11.8. The van der Waals surface area contributed by atoms with Crippen molar-refractivity contribution in [1.29, 1.82) is 0 Å². The lowest BCUT2D eigenvalue weighted by Crippen LogP contribution is -2.36. The van der Waals surface area contributed by atoms with Crippen LogP contribution in [0.15, 0.2) is 48.5 Å². The molecule has 0 heterocycles. The molecule has 2 aromatic carbocycles. The van der Waals surface area contributed by atoms with Crippen LogP contribution in [0.2, 0.25) is 5.02 Å². The molecule has 0 aliphatic heterocycles. The third-order valence-electron chi connectivity index (χ3n) is 3.85. The van der Waals surface area contributed by atoms with E-state index < -0.39 is 0 Å². The SMILES string of the molecule is COc1ccccc1CCNC(=O)CN[C@@H](C)c1ccccc1Cl. The molecule has 0 saturated heterocycles. The molecule has 0 bridgehead atoms. The van der Waals surface area contributed by atoms with Gasteiger partial charge in [-0.25, -0.2) is 0 Å². The molecule has 0 aromatic heterocycles. The summed E-state index contributed by atoms with van der Waals surface area (Å²) < 4.78 is 5.30. The van der Waals surface area contributed by atoms with Gasteiger partial charge in [0.15, 0.2) is 0 Å². The minimum absolute atomic E-state index is 0.0127. The van der Waals surface area contributed by atoms with E-state index in [1.807, 2.05) is 55.5 Å². The Hall–Kier alpha value is -2.04. The predicted octanol–water partition coefficient (Wildman–Crippen LogP) is 3.36. The number of amides is 1. The summed E-state index contributed by atoms with van der Waals surface area (Å²) in [6.07, 6.45) is 0.732. The van der Waals surface area contributed by atoms with Crippen LogP contribution < -0.4 is 15.4 Å². The number of benzene rings is 2. The van der Waals surface area contributed by atoms with Gasteiger partial charge < -0.3 is 15.4 Å². The van der Waals surface area contributed by atoms with Crippen LogP contribution in [0.1, 0.15) is 24.1 Å². The van der Waals surface area contributed by atoms with Gasteiger partial charge >= 0.3 is 0 Å². The molecule has 1 amide bonds. The van der Waals surface area contributed by atoms with E-state index in [0.29, 0.717) is 11.6 Å². The molecule has 2 N–H and O–H groups in total. The Morgan fingerprint density at radius 3 is 2.62 bits per heavy atom. The summed E-state index contributed by atoms with van der Waals surface area (Å²) in [6, 6.07) is 15.5. The van der Waals surface area contributed by atoms with Crippen molar-refractivity contribution in [2.45, 2.75) is 19.4 Å². The van der Waals surface area contributed by atoms with Crippen LogP contribution in [0.5, 0.6) is 5.75 Å². The van der Waals surface area contributed by atoms with Crippen molar-refractivity contribution in [1.82, 2.24) is 10.6 Å². The number of rotatable bonds is 8. The maximum absolute atomic E-state index is 12.0. The largest absolute Gasteiger partial charge is 0.496 e. The van der Waals surface area contributed by atoms with E-state index in [4.69, 9.17) is 16.3 Å². The highest BCUT2D eigenvalue weighted by Crippen LogP contribution is 2.21. The number of nitrogens with one attached hydrogen (secondary N) is 2. The first-order valence-electron chi connectivity index (χ1n) is 7.98. The summed E-state index contributed by atoms with van der Waals surface area (Å²) in [5.41, 5.74) is 2.07. The molecule has 0 aliphatic carbocycles. The second-order valence-electron chi connectivity index (χ2n) is 5.54. The van der Waals surface area contributed by atoms with Crippen molar-refractivity contribution < 1.29 is 9.53 Å². The van der Waals surface area contributed by atoms with Crippen LogP contribution >= 0.6 is 11.6 Å². The number of hydrogen-bond donors (Lipinski definition) is 2. The van der Waals surface area contributed by atoms with E-state index >= 15 is 0 Å². The van der Waals surface area contributed by atoms with Gasteiger partial charge in [0.25, 0.3) is 0 Å². The monoisotopic (exact) mass is 346 g/mol. The molecule has 24 heavy (non-hydrogen) atoms. The van der Waals surface area contributed by atoms with E-state index in [1.54, 1.807) is 7.11 Å². The summed E-state index contributed by atoms with van der Waals surface area (Å²) >= 11 is 6.16. The fraction of sp³-hybridized carbons (Fsp3) is 0.316. The number of halogens is 1. The number of methoxy groups -OCH3 is 1. The van der Waals surface area contributed by atoms with Gasteiger partial charge in [-0.1, -0.05) is 48.0 Å². The first kappa shape index (κ1) is 18.3. The van der Waals surface area contributed by atoms with Crippen LogP contribution in [0.25, 0.3) is 0 Å². The average Bonchev–Trinajstić information content (AvgIpc) is 2.60. The van der Waals surface area contributed by atoms with Gasteiger partial charge in [-0.2, -0.15) is 0 Å². The van der Waals surface area contributed by atoms with E-state index in [9.17, 15) is 4.79 Å². The minimum Gasteiger partial charge on any atom is -0.496 e. The van der Waals surface area contributed by atoms with Gasteiger partial charge in [-0.05, 0) is 36.6 Å². The van der Waals surface area contributed by atoms with Crippen LogP contribution in [0, 0.1) is 0 Å². The quantitative estimate of drug-likeness (QED) is 0.770. The van der Waals surface area contributed by atoms with Crippen molar-refractivity contribution >= 4 is 17.5 Å². The maximum Gasteiger partial charge on any atom is 0.233 e. The van der Waals surface area contributed by atoms with E-state index in [2.05, 4.69) is 10.6 Å². The van der Waals surface area contributed by atoms with Gasteiger partial charge in [0, 0.05) is 17.6 Å². The molecule has 4 nitrogen and oxygen atoms in total. The third kappa shape index (κ3) is 5.25. The molecular weight excluding hydrogens is 324 g/mol. The van der Waals surface area contributed by atoms with E-state index in [0.717, 1.165) is 23.3 Å². The Kier molecular flexibility index (Phi) is 7.09. The summed E-state index contributed by atoms with van der Waals surface area (Å²) in [6.45, 7) is 2.81. The topological polar surface area (TPSA) is 50.4 Å². The number of ether oxygens (including phenoxy) is 1. The van der Waals surface area contributed by atoms with Crippen LogP contribution in [-0.4, -0.2) is 26.1 Å². The number of hydrogen-bond acceptors (Lipinski definition) is 3. The lowest BCUT2D eigenvalue weighted by Gasteiger charge is -2.15. The average molecular weight is 347 g/mol. The Morgan fingerprint density at radius 1 is 1.17 bits per heavy atom. The van der Waals surface area contributed by atoms with E-state index in [1.165, 1.54) is 0 Å². The Labute approximate surface area is 148 Å². The number of carbonyl (C=O) groups excluding carboxylic acids is 1. The number of carbonyl (C=O) groups is 1. The predicted molar refractivity (Wildman–Crippen MR) is 97.6 cm³/mol. The molecule has 5 heteroatoms. The smallest absolute Gasteiger partial charge is 0.233 e. The van der Waals surface area contributed by atoms with Gasteiger partial charge in [-0.15, -0.1) is 0 Å². The van der Waals surface area contributed by atoms with Crippen molar-refractivity contribution in [3.05, 3.63) is 64.7 Å². The summed E-state index contributed by atoms with van der Waals surface area (Å²) in [5, 5.41) is 6.81. The van der Waals surface area contributed by atoms with Crippen molar-refractivity contribution in [2.24, 2.45) is 0 Å². The summed E-state index contributed by atoms with van der Waals surface area (Å²) in [7, 11) is 1.65. The highest BCUT2D eigenvalue weighted by Gasteiger charge is 2.10. The van der Waals surface area contributed by atoms with Crippen LogP contribution in [0.3, 0.4) is 0 Å². The van der Waals surface area contributed by atoms with Crippen molar-refractivity contribution in [3.8, 4) is 5.75 Å². The standard InChI is InChI=1S/C19H23ClN2O2/c1-14(16-8-4-5-9-17(16)20)22-13-19(23)21-12-11-15-7-3-6-10-18(15)24-2/h3-10,14,22H,11-13H2,1-2H3,(H,21,23)/t14-/m0/s1. The first-order chi connectivity index (χ1) is 11.6. The molecular formula is C19H23ClN2O2.